The van der Waals surface area contributed by atoms with E-state index in [-0.39, 0.29) is 33.8 Å². The number of carboxylic acid groups (broad SMARTS) is 1. The predicted octanol–water partition coefficient (Wildman–Crippen LogP) is 6.40. The van der Waals surface area contributed by atoms with Crippen LogP contribution in [0.2, 0.25) is 0 Å². The molecular formula is C32H29FN2O5. The van der Waals surface area contributed by atoms with Crippen molar-refractivity contribution < 1.29 is 28.9 Å². The van der Waals surface area contributed by atoms with Crippen molar-refractivity contribution in [3.8, 4) is 5.75 Å². The van der Waals surface area contributed by atoms with Crippen LogP contribution in [0, 0.1) is 11.2 Å². The van der Waals surface area contributed by atoms with Gasteiger partial charge in [-0.15, -0.1) is 0 Å². The first-order chi connectivity index (χ1) is 19.1. The normalized spacial score (nSPS) is 13.8. The standard InChI is InChI=1S/C32H29FN2O5/c1-32(19-40-20-32)18-35(29-6-4-3-5-28(29)33)26-16-22(15-23(17-26)31(38)39)30(37)21-7-9-24(10-8-21)34(2)25-11-13-27(36)14-12-25/h3-17,36H,18-20H2,1-2H3,(H,38,39). The third-order valence-corrected chi connectivity index (χ3v) is 7.08. The van der Waals surface area contributed by atoms with Crippen molar-refractivity contribution >= 4 is 34.5 Å². The molecule has 8 heteroatoms. The minimum atomic E-state index is -1.19. The van der Waals surface area contributed by atoms with Gasteiger partial charge in [0, 0.05) is 47.2 Å². The summed E-state index contributed by atoms with van der Waals surface area (Å²) < 4.78 is 20.4. The van der Waals surface area contributed by atoms with E-state index in [1.54, 1.807) is 77.7 Å². The Kier molecular flexibility index (Phi) is 7.28. The summed E-state index contributed by atoms with van der Waals surface area (Å²) >= 11 is 0. The molecule has 1 aliphatic heterocycles. The van der Waals surface area contributed by atoms with Crippen LogP contribution in [-0.4, -0.2) is 48.8 Å². The first-order valence-electron chi connectivity index (χ1n) is 12.8. The number of carbonyl (C=O) groups excluding carboxylic acids is 1. The van der Waals surface area contributed by atoms with Crippen LogP contribution in [0.15, 0.2) is 91.0 Å². The number of aromatic hydroxyl groups is 1. The lowest BCUT2D eigenvalue weighted by molar-refractivity contribution is -0.0946. The highest BCUT2D eigenvalue weighted by Gasteiger charge is 2.36. The summed E-state index contributed by atoms with van der Waals surface area (Å²) in [5.74, 6) is -1.82. The zero-order valence-electron chi connectivity index (χ0n) is 22.2. The van der Waals surface area contributed by atoms with Crippen LogP contribution in [0.3, 0.4) is 0 Å². The van der Waals surface area contributed by atoms with Gasteiger partial charge < -0.3 is 24.7 Å². The van der Waals surface area contributed by atoms with Gasteiger partial charge in [0.15, 0.2) is 5.78 Å². The topological polar surface area (TPSA) is 90.3 Å². The molecule has 0 radical (unpaired) electrons. The molecule has 0 spiro atoms. The lowest BCUT2D eigenvalue weighted by atomic mass is 9.87. The van der Waals surface area contributed by atoms with E-state index in [0.717, 1.165) is 11.4 Å². The summed E-state index contributed by atoms with van der Waals surface area (Å²) in [6, 6.07) is 24.4. The molecule has 2 N–H and O–H groups in total. The molecule has 1 aliphatic rings. The fraction of sp³-hybridized carbons (Fsp3) is 0.188. The molecule has 0 bridgehead atoms. The number of hydrogen-bond donors (Lipinski definition) is 2. The Morgan fingerprint density at radius 2 is 1.45 bits per heavy atom. The van der Waals surface area contributed by atoms with E-state index >= 15 is 0 Å². The lowest BCUT2D eigenvalue weighted by Gasteiger charge is -2.42. The number of ether oxygens (including phenoxy) is 1. The lowest BCUT2D eigenvalue weighted by Crippen LogP contribution is -2.47. The van der Waals surface area contributed by atoms with Crippen molar-refractivity contribution in [3.63, 3.8) is 0 Å². The third kappa shape index (κ3) is 5.53. The number of benzene rings is 4. The second-order valence-corrected chi connectivity index (χ2v) is 10.4. The molecule has 0 aliphatic carbocycles. The van der Waals surface area contributed by atoms with Crippen LogP contribution in [0.4, 0.5) is 27.1 Å². The number of carboxylic acids is 1. The largest absolute Gasteiger partial charge is 0.508 e. The monoisotopic (exact) mass is 540 g/mol. The molecule has 0 aromatic heterocycles. The molecule has 1 heterocycles. The van der Waals surface area contributed by atoms with Gasteiger partial charge in [0.25, 0.3) is 0 Å². The second kappa shape index (κ2) is 10.8. The van der Waals surface area contributed by atoms with E-state index in [1.165, 1.54) is 18.2 Å². The number of anilines is 4. The number of nitrogens with zero attached hydrogens (tertiary/aromatic N) is 2. The van der Waals surface area contributed by atoms with Crippen molar-refractivity contribution in [2.75, 3.05) is 36.6 Å². The molecule has 7 nitrogen and oxygen atoms in total. The average Bonchev–Trinajstić information content (AvgIpc) is 2.95. The smallest absolute Gasteiger partial charge is 0.335 e. The van der Waals surface area contributed by atoms with E-state index in [0.29, 0.717) is 31.0 Å². The fourth-order valence-electron chi connectivity index (χ4n) is 4.76. The molecular weight excluding hydrogens is 511 g/mol. The Morgan fingerprint density at radius 1 is 0.850 bits per heavy atom. The molecule has 204 valence electrons. The number of rotatable bonds is 9. The van der Waals surface area contributed by atoms with Crippen molar-refractivity contribution in [1.29, 1.82) is 0 Å². The summed E-state index contributed by atoms with van der Waals surface area (Å²) in [6.07, 6.45) is 0. The highest BCUT2D eigenvalue weighted by atomic mass is 19.1. The van der Waals surface area contributed by atoms with Crippen molar-refractivity contribution in [2.24, 2.45) is 5.41 Å². The molecule has 40 heavy (non-hydrogen) atoms. The van der Waals surface area contributed by atoms with E-state index in [2.05, 4.69) is 0 Å². The van der Waals surface area contributed by atoms with Gasteiger partial charge in [0.05, 0.1) is 24.5 Å². The molecule has 1 saturated heterocycles. The Morgan fingerprint density at radius 3 is 2.02 bits per heavy atom. The predicted molar refractivity (Wildman–Crippen MR) is 152 cm³/mol. The number of carbonyl (C=O) groups is 2. The van der Waals surface area contributed by atoms with E-state index < -0.39 is 11.8 Å². The molecule has 0 saturated carbocycles. The number of phenolic OH excluding ortho intramolecular Hbond substituents is 1. The Balaban J connectivity index is 1.50. The zero-order chi connectivity index (χ0) is 28.4. The third-order valence-electron chi connectivity index (χ3n) is 7.08. The quantitative estimate of drug-likeness (QED) is 0.237. The second-order valence-electron chi connectivity index (χ2n) is 10.4. The highest BCUT2D eigenvalue weighted by Crippen LogP contribution is 2.37. The number of halogens is 1. The van der Waals surface area contributed by atoms with Gasteiger partial charge in [-0.25, -0.2) is 9.18 Å². The summed E-state index contributed by atoms with van der Waals surface area (Å²) in [7, 11) is 1.87. The fourth-order valence-corrected chi connectivity index (χ4v) is 4.76. The molecule has 0 unspecified atom stereocenters. The minimum Gasteiger partial charge on any atom is -0.508 e. The van der Waals surface area contributed by atoms with E-state index in [9.17, 15) is 24.2 Å². The van der Waals surface area contributed by atoms with Crippen LogP contribution in [0.25, 0.3) is 0 Å². The Labute approximate surface area is 231 Å². The van der Waals surface area contributed by atoms with Crippen molar-refractivity contribution in [2.45, 2.75) is 6.92 Å². The van der Waals surface area contributed by atoms with Gasteiger partial charge in [0.2, 0.25) is 0 Å². The first-order valence-corrected chi connectivity index (χ1v) is 12.8. The zero-order valence-corrected chi connectivity index (χ0v) is 22.2. The molecule has 1 fully saturated rings. The number of ketones is 1. The van der Waals surface area contributed by atoms with Gasteiger partial charge >= 0.3 is 5.97 Å². The first kappa shape index (κ1) is 26.9. The number of hydrogen-bond acceptors (Lipinski definition) is 6. The van der Waals surface area contributed by atoms with Crippen LogP contribution in [0.5, 0.6) is 5.75 Å². The number of phenols is 1. The van der Waals surface area contributed by atoms with Crippen molar-refractivity contribution in [1.82, 2.24) is 0 Å². The number of aromatic carboxylic acids is 1. The minimum absolute atomic E-state index is 0.0686. The summed E-state index contributed by atoms with van der Waals surface area (Å²) in [4.78, 5) is 29.3. The van der Waals surface area contributed by atoms with Gasteiger partial charge in [-0.05, 0) is 78.9 Å². The summed E-state index contributed by atoms with van der Waals surface area (Å²) in [5.41, 5.74) is 2.62. The Hall–Kier alpha value is -4.69. The number of para-hydroxylation sites is 1. The summed E-state index contributed by atoms with van der Waals surface area (Å²) in [6.45, 7) is 3.39. The molecule has 0 atom stereocenters. The van der Waals surface area contributed by atoms with Gasteiger partial charge in [-0.1, -0.05) is 19.1 Å². The van der Waals surface area contributed by atoms with Crippen LogP contribution in [0.1, 0.15) is 33.2 Å². The SMILES string of the molecule is CN(c1ccc(O)cc1)c1ccc(C(=O)c2cc(C(=O)O)cc(N(CC3(C)COC3)c3ccccc3F)c2)cc1. The Bertz CT molecular complexity index is 1550. The average molecular weight is 541 g/mol. The van der Waals surface area contributed by atoms with Crippen LogP contribution in [-0.2, 0) is 4.74 Å². The maximum Gasteiger partial charge on any atom is 0.335 e. The highest BCUT2D eigenvalue weighted by molar-refractivity contribution is 6.10. The molecule has 0 amide bonds. The van der Waals surface area contributed by atoms with Crippen LogP contribution >= 0.6 is 0 Å². The summed E-state index contributed by atoms with van der Waals surface area (Å²) in [5, 5.41) is 19.4. The van der Waals surface area contributed by atoms with E-state index in [1.807, 2.05) is 18.9 Å². The maximum atomic E-state index is 15.0. The van der Waals surface area contributed by atoms with Crippen molar-refractivity contribution in [3.05, 3.63) is 114 Å². The molecule has 4 aromatic carbocycles. The molecule has 5 rings (SSSR count). The van der Waals surface area contributed by atoms with Crippen LogP contribution < -0.4 is 9.80 Å². The van der Waals surface area contributed by atoms with Gasteiger partial charge in [-0.2, -0.15) is 0 Å². The van der Waals surface area contributed by atoms with Gasteiger partial charge in [-0.3, -0.25) is 4.79 Å². The molecule has 4 aromatic rings. The van der Waals surface area contributed by atoms with Gasteiger partial charge in [0.1, 0.15) is 11.6 Å². The maximum absolute atomic E-state index is 15.0. The van der Waals surface area contributed by atoms with E-state index in [4.69, 9.17) is 4.74 Å².